The summed E-state index contributed by atoms with van der Waals surface area (Å²) >= 11 is 0. The van der Waals surface area contributed by atoms with Crippen molar-refractivity contribution < 1.29 is 4.79 Å². The number of nitrogens with two attached hydrogens (primary N) is 1. The first kappa shape index (κ1) is 12.5. The highest BCUT2D eigenvalue weighted by Crippen LogP contribution is 2.16. The van der Waals surface area contributed by atoms with Crippen LogP contribution in [0.4, 0.5) is 0 Å². The molecule has 1 fully saturated rings. The average Bonchev–Trinajstić information content (AvgIpc) is 2.18. The smallest absolute Gasteiger partial charge is 0.221 e. The second-order valence-electron chi connectivity index (χ2n) is 4.68. The van der Waals surface area contributed by atoms with Crippen LogP contribution < -0.4 is 11.1 Å². The van der Waals surface area contributed by atoms with Crippen molar-refractivity contribution in [3.8, 4) is 0 Å². The van der Waals surface area contributed by atoms with Crippen molar-refractivity contribution in [2.24, 2.45) is 5.73 Å². The standard InChI is InChI=1S/C11H23N3O/c1-14(2)8-7-11(15)13-10-6-4-3-5-9(10)12/h9-10H,3-8,12H2,1-2H3,(H,13,15). The maximum Gasteiger partial charge on any atom is 0.221 e. The molecule has 0 radical (unpaired) electrons. The average molecular weight is 213 g/mol. The Bertz CT molecular complexity index is 206. The normalized spacial score (nSPS) is 26.7. The van der Waals surface area contributed by atoms with Crippen molar-refractivity contribution in [2.45, 2.75) is 44.2 Å². The van der Waals surface area contributed by atoms with Crippen LogP contribution in [0.2, 0.25) is 0 Å². The van der Waals surface area contributed by atoms with Crippen LogP contribution in [0.25, 0.3) is 0 Å². The number of nitrogens with one attached hydrogen (secondary N) is 1. The molecule has 2 unspecified atom stereocenters. The summed E-state index contributed by atoms with van der Waals surface area (Å²) in [6.45, 7) is 0.799. The Morgan fingerprint density at radius 2 is 2.07 bits per heavy atom. The first-order valence-corrected chi connectivity index (χ1v) is 5.79. The van der Waals surface area contributed by atoms with E-state index in [4.69, 9.17) is 5.73 Å². The molecule has 1 saturated carbocycles. The molecule has 0 aromatic heterocycles. The molecule has 0 aromatic rings. The molecule has 0 bridgehead atoms. The molecule has 4 nitrogen and oxygen atoms in total. The Labute approximate surface area is 92.2 Å². The minimum Gasteiger partial charge on any atom is -0.352 e. The third-order valence-electron chi connectivity index (χ3n) is 2.95. The SMILES string of the molecule is CN(C)CCC(=O)NC1CCCCC1N. The minimum atomic E-state index is 0.131. The van der Waals surface area contributed by atoms with E-state index in [9.17, 15) is 4.79 Å². The fraction of sp³-hybridized carbons (Fsp3) is 0.909. The van der Waals surface area contributed by atoms with E-state index in [2.05, 4.69) is 5.32 Å². The van der Waals surface area contributed by atoms with Gasteiger partial charge < -0.3 is 16.0 Å². The van der Waals surface area contributed by atoms with Crippen LogP contribution in [0.5, 0.6) is 0 Å². The highest BCUT2D eigenvalue weighted by molar-refractivity contribution is 5.76. The predicted octanol–water partition coefficient (Wildman–Crippen LogP) is 0.324. The van der Waals surface area contributed by atoms with E-state index in [0.29, 0.717) is 6.42 Å². The lowest BCUT2D eigenvalue weighted by Gasteiger charge is -2.29. The van der Waals surface area contributed by atoms with Crippen molar-refractivity contribution in [3.05, 3.63) is 0 Å². The van der Waals surface area contributed by atoms with Gasteiger partial charge in [-0.1, -0.05) is 12.8 Å². The Hall–Kier alpha value is -0.610. The van der Waals surface area contributed by atoms with Crippen molar-refractivity contribution in [1.82, 2.24) is 10.2 Å². The van der Waals surface area contributed by atoms with Gasteiger partial charge in [-0.3, -0.25) is 4.79 Å². The number of nitrogens with zero attached hydrogens (tertiary/aromatic N) is 1. The highest BCUT2D eigenvalue weighted by Gasteiger charge is 2.22. The number of amides is 1. The maximum atomic E-state index is 11.6. The number of hydrogen-bond acceptors (Lipinski definition) is 3. The van der Waals surface area contributed by atoms with Crippen molar-refractivity contribution >= 4 is 5.91 Å². The zero-order valence-corrected chi connectivity index (χ0v) is 9.83. The van der Waals surface area contributed by atoms with Gasteiger partial charge >= 0.3 is 0 Å². The fourth-order valence-corrected chi connectivity index (χ4v) is 1.94. The largest absolute Gasteiger partial charge is 0.352 e. The van der Waals surface area contributed by atoms with E-state index in [1.165, 1.54) is 12.8 Å². The molecule has 0 heterocycles. The zero-order chi connectivity index (χ0) is 11.3. The van der Waals surface area contributed by atoms with Crippen molar-refractivity contribution in [1.29, 1.82) is 0 Å². The lowest BCUT2D eigenvalue weighted by molar-refractivity contribution is -0.122. The maximum absolute atomic E-state index is 11.6. The van der Waals surface area contributed by atoms with Gasteiger partial charge in [-0.15, -0.1) is 0 Å². The molecular formula is C11H23N3O. The van der Waals surface area contributed by atoms with Crippen molar-refractivity contribution in [3.63, 3.8) is 0 Å². The van der Waals surface area contributed by atoms with Gasteiger partial charge in [-0.2, -0.15) is 0 Å². The van der Waals surface area contributed by atoms with E-state index in [-0.39, 0.29) is 18.0 Å². The topological polar surface area (TPSA) is 58.4 Å². The molecule has 88 valence electrons. The molecule has 0 saturated heterocycles. The first-order valence-electron chi connectivity index (χ1n) is 5.79. The molecule has 0 aliphatic heterocycles. The molecule has 0 aromatic carbocycles. The fourth-order valence-electron chi connectivity index (χ4n) is 1.94. The lowest BCUT2D eigenvalue weighted by atomic mass is 9.91. The van der Waals surface area contributed by atoms with Crippen LogP contribution in [0.15, 0.2) is 0 Å². The Kier molecular flexibility index (Phi) is 5.05. The van der Waals surface area contributed by atoms with E-state index in [0.717, 1.165) is 19.4 Å². The number of hydrogen-bond donors (Lipinski definition) is 2. The van der Waals surface area contributed by atoms with Gasteiger partial charge in [-0.05, 0) is 26.9 Å². The summed E-state index contributed by atoms with van der Waals surface area (Å²) in [4.78, 5) is 13.6. The molecular weight excluding hydrogens is 190 g/mol. The molecule has 3 N–H and O–H groups in total. The molecule has 0 spiro atoms. The van der Waals surface area contributed by atoms with E-state index >= 15 is 0 Å². The van der Waals surface area contributed by atoms with Crippen LogP contribution in [-0.2, 0) is 4.79 Å². The third-order valence-corrected chi connectivity index (χ3v) is 2.95. The van der Waals surface area contributed by atoms with E-state index in [1.54, 1.807) is 0 Å². The van der Waals surface area contributed by atoms with Crippen LogP contribution in [0.1, 0.15) is 32.1 Å². The number of carbonyl (C=O) groups is 1. The lowest BCUT2D eigenvalue weighted by Crippen LogP contribution is -2.49. The molecule has 1 amide bonds. The summed E-state index contributed by atoms with van der Waals surface area (Å²) in [6, 6.07) is 0.357. The minimum absolute atomic E-state index is 0.131. The van der Waals surface area contributed by atoms with Crippen LogP contribution in [-0.4, -0.2) is 43.5 Å². The van der Waals surface area contributed by atoms with Gasteiger partial charge in [0, 0.05) is 25.0 Å². The second-order valence-corrected chi connectivity index (χ2v) is 4.68. The summed E-state index contributed by atoms with van der Waals surface area (Å²) in [5, 5.41) is 3.03. The zero-order valence-electron chi connectivity index (χ0n) is 9.83. The quantitative estimate of drug-likeness (QED) is 0.707. The highest BCUT2D eigenvalue weighted by atomic mass is 16.1. The first-order chi connectivity index (χ1) is 7.09. The molecule has 2 atom stereocenters. The van der Waals surface area contributed by atoms with Crippen molar-refractivity contribution in [2.75, 3.05) is 20.6 Å². The van der Waals surface area contributed by atoms with E-state index < -0.39 is 0 Å². The summed E-state index contributed by atoms with van der Waals surface area (Å²) in [5.41, 5.74) is 5.96. The van der Waals surface area contributed by atoms with Gasteiger partial charge in [0.1, 0.15) is 0 Å². The molecule has 4 heteroatoms. The Morgan fingerprint density at radius 1 is 1.40 bits per heavy atom. The Morgan fingerprint density at radius 3 is 2.67 bits per heavy atom. The number of rotatable bonds is 4. The van der Waals surface area contributed by atoms with Crippen LogP contribution in [0.3, 0.4) is 0 Å². The van der Waals surface area contributed by atoms with Gasteiger partial charge in [0.05, 0.1) is 0 Å². The van der Waals surface area contributed by atoms with Gasteiger partial charge in [0.25, 0.3) is 0 Å². The molecule has 15 heavy (non-hydrogen) atoms. The molecule has 1 aliphatic rings. The van der Waals surface area contributed by atoms with Gasteiger partial charge in [0.2, 0.25) is 5.91 Å². The Balaban J connectivity index is 2.24. The summed E-state index contributed by atoms with van der Waals surface area (Å²) in [6.07, 6.45) is 5.03. The van der Waals surface area contributed by atoms with Crippen LogP contribution >= 0.6 is 0 Å². The third kappa shape index (κ3) is 4.62. The van der Waals surface area contributed by atoms with Gasteiger partial charge in [0.15, 0.2) is 0 Å². The second kappa shape index (κ2) is 6.08. The molecule has 1 aliphatic carbocycles. The number of carbonyl (C=O) groups excluding carboxylic acids is 1. The summed E-state index contributed by atoms with van der Waals surface area (Å²) in [5.74, 6) is 0.131. The summed E-state index contributed by atoms with van der Waals surface area (Å²) < 4.78 is 0. The monoisotopic (exact) mass is 213 g/mol. The van der Waals surface area contributed by atoms with Crippen LogP contribution in [0, 0.1) is 0 Å². The predicted molar refractivity (Wildman–Crippen MR) is 61.5 cm³/mol. The van der Waals surface area contributed by atoms with E-state index in [1.807, 2.05) is 19.0 Å². The summed E-state index contributed by atoms with van der Waals surface area (Å²) in [7, 11) is 3.94. The molecule has 1 rings (SSSR count). The van der Waals surface area contributed by atoms with Gasteiger partial charge in [-0.25, -0.2) is 0 Å².